The molecule has 2 N–H and O–H groups in total. The summed E-state index contributed by atoms with van der Waals surface area (Å²) in [5.41, 5.74) is 2.22. The molecule has 16 heavy (non-hydrogen) atoms. The summed E-state index contributed by atoms with van der Waals surface area (Å²) in [6, 6.07) is 8.03. The minimum atomic E-state index is -0.769. The fourth-order valence-electron chi connectivity index (χ4n) is 2.24. The average Bonchev–Trinajstić information content (AvgIpc) is 2.30. The molecule has 0 aromatic heterocycles. The number of aliphatic carboxylic acids is 1. The number of piperidine rings is 1. The standard InChI is InChI=1S/C13H17NO2/c15-13(16)9-10-1-3-11(4-2-10)12-5-7-14-8-6-12/h1-4,12,14H,5-9H2,(H,15,16). The Bertz CT molecular complexity index is 353. The lowest BCUT2D eigenvalue weighted by Gasteiger charge is -2.23. The Morgan fingerprint density at radius 1 is 1.25 bits per heavy atom. The fraction of sp³-hybridized carbons (Fsp3) is 0.462. The van der Waals surface area contributed by atoms with E-state index in [0.717, 1.165) is 18.7 Å². The first-order valence-corrected chi connectivity index (χ1v) is 5.77. The summed E-state index contributed by atoms with van der Waals surface area (Å²) in [6.07, 6.45) is 2.48. The number of carbonyl (C=O) groups is 1. The summed E-state index contributed by atoms with van der Waals surface area (Å²) >= 11 is 0. The highest BCUT2D eigenvalue weighted by molar-refractivity contribution is 5.70. The smallest absolute Gasteiger partial charge is 0.307 e. The van der Waals surface area contributed by atoms with Gasteiger partial charge in [-0.15, -0.1) is 0 Å². The van der Waals surface area contributed by atoms with Crippen LogP contribution < -0.4 is 5.32 Å². The summed E-state index contributed by atoms with van der Waals surface area (Å²) in [5.74, 6) is -0.130. The molecule has 0 saturated carbocycles. The molecule has 86 valence electrons. The third kappa shape index (κ3) is 2.83. The van der Waals surface area contributed by atoms with Crippen LogP contribution >= 0.6 is 0 Å². The van der Waals surface area contributed by atoms with E-state index in [4.69, 9.17) is 5.11 Å². The highest BCUT2D eigenvalue weighted by Crippen LogP contribution is 2.25. The van der Waals surface area contributed by atoms with Gasteiger partial charge in [0, 0.05) is 0 Å². The third-order valence-corrected chi connectivity index (χ3v) is 3.15. The van der Waals surface area contributed by atoms with E-state index >= 15 is 0 Å². The molecular formula is C13H17NO2. The van der Waals surface area contributed by atoms with Gasteiger partial charge in [-0.1, -0.05) is 24.3 Å². The number of carboxylic acids is 1. The van der Waals surface area contributed by atoms with Crippen molar-refractivity contribution in [3.05, 3.63) is 35.4 Å². The molecule has 1 heterocycles. The second kappa shape index (κ2) is 5.12. The summed E-state index contributed by atoms with van der Waals surface area (Å²) in [4.78, 5) is 10.5. The maximum Gasteiger partial charge on any atom is 0.307 e. The van der Waals surface area contributed by atoms with Gasteiger partial charge in [0.05, 0.1) is 6.42 Å². The summed E-state index contributed by atoms with van der Waals surface area (Å²) in [7, 11) is 0. The Labute approximate surface area is 95.5 Å². The van der Waals surface area contributed by atoms with Crippen molar-refractivity contribution < 1.29 is 9.90 Å². The van der Waals surface area contributed by atoms with Crippen LogP contribution in [0.3, 0.4) is 0 Å². The second-order valence-electron chi connectivity index (χ2n) is 4.34. The number of nitrogens with one attached hydrogen (secondary N) is 1. The van der Waals surface area contributed by atoms with Gasteiger partial charge >= 0.3 is 5.97 Å². The molecule has 1 aromatic carbocycles. The lowest BCUT2D eigenvalue weighted by atomic mass is 9.89. The minimum Gasteiger partial charge on any atom is -0.481 e. The molecule has 0 radical (unpaired) electrons. The van der Waals surface area contributed by atoms with Crippen molar-refractivity contribution >= 4 is 5.97 Å². The molecular weight excluding hydrogens is 202 g/mol. The molecule has 0 bridgehead atoms. The predicted molar refractivity (Wildman–Crippen MR) is 62.6 cm³/mol. The molecule has 0 spiro atoms. The van der Waals surface area contributed by atoms with E-state index in [1.54, 1.807) is 0 Å². The first-order valence-electron chi connectivity index (χ1n) is 5.77. The van der Waals surface area contributed by atoms with E-state index in [2.05, 4.69) is 17.4 Å². The molecule has 0 atom stereocenters. The Morgan fingerprint density at radius 3 is 2.44 bits per heavy atom. The van der Waals surface area contributed by atoms with Gasteiger partial charge in [-0.2, -0.15) is 0 Å². The quantitative estimate of drug-likeness (QED) is 0.814. The number of carboxylic acid groups (broad SMARTS) is 1. The zero-order valence-electron chi connectivity index (χ0n) is 9.28. The van der Waals surface area contributed by atoms with E-state index in [9.17, 15) is 4.79 Å². The molecule has 1 aliphatic rings. The van der Waals surface area contributed by atoms with E-state index in [0.29, 0.717) is 5.92 Å². The average molecular weight is 219 g/mol. The first-order chi connectivity index (χ1) is 7.75. The maximum atomic E-state index is 10.5. The summed E-state index contributed by atoms with van der Waals surface area (Å²) < 4.78 is 0. The molecule has 0 amide bonds. The van der Waals surface area contributed by atoms with Crippen molar-refractivity contribution in [3.63, 3.8) is 0 Å². The number of benzene rings is 1. The molecule has 3 nitrogen and oxygen atoms in total. The van der Waals surface area contributed by atoms with E-state index < -0.39 is 5.97 Å². The van der Waals surface area contributed by atoms with Crippen LogP contribution in [0, 0.1) is 0 Å². The van der Waals surface area contributed by atoms with Gasteiger partial charge in [-0.25, -0.2) is 0 Å². The molecule has 0 unspecified atom stereocenters. The Hall–Kier alpha value is -1.35. The van der Waals surface area contributed by atoms with Gasteiger partial charge in [0.25, 0.3) is 0 Å². The van der Waals surface area contributed by atoms with E-state index in [1.807, 2.05) is 12.1 Å². The van der Waals surface area contributed by atoms with Crippen molar-refractivity contribution in [1.29, 1.82) is 0 Å². The lowest BCUT2D eigenvalue weighted by Crippen LogP contribution is -2.26. The highest BCUT2D eigenvalue weighted by Gasteiger charge is 2.14. The van der Waals surface area contributed by atoms with E-state index in [1.165, 1.54) is 18.4 Å². The zero-order chi connectivity index (χ0) is 11.4. The second-order valence-corrected chi connectivity index (χ2v) is 4.34. The van der Waals surface area contributed by atoms with Gasteiger partial charge < -0.3 is 10.4 Å². The predicted octanol–water partition coefficient (Wildman–Crippen LogP) is 1.78. The Balaban J connectivity index is 2.03. The van der Waals surface area contributed by atoms with Crippen molar-refractivity contribution in [3.8, 4) is 0 Å². The van der Waals surface area contributed by atoms with Crippen molar-refractivity contribution in [2.75, 3.05) is 13.1 Å². The molecule has 1 aromatic rings. The normalized spacial score (nSPS) is 17.2. The van der Waals surface area contributed by atoms with Crippen LogP contribution in [0.2, 0.25) is 0 Å². The van der Waals surface area contributed by atoms with Crippen LogP contribution in [0.1, 0.15) is 29.9 Å². The SMILES string of the molecule is O=C(O)Cc1ccc(C2CCNCC2)cc1. The zero-order valence-corrected chi connectivity index (χ0v) is 9.28. The van der Waals surface area contributed by atoms with Crippen LogP contribution in [-0.2, 0) is 11.2 Å². The van der Waals surface area contributed by atoms with Gasteiger partial charge in [-0.05, 0) is 43.0 Å². The molecule has 0 aliphatic carbocycles. The molecule has 3 heteroatoms. The fourth-order valence-corrected chi connectivity index (χ4v) is 2.24. The number of hydrogen-bond acceptors (Lipinski definition) is 2. The number of hydrogen-bond donors (Lipinski definition) is 2. The summed E-state index contributed by atoms with van der Waals surface area (Å²) in [6.45, 7) is 2.17. The topological polar surface area (TPSA) is 49.3 Å². The molecule has 1 fully saturated rings. The number of rotatable bonds is 3. The van der Waals surface area contributed by atoms with Crippen molar-refractivity contribution in [2.24, 2.45) is 0 Å². The Kier molecular flexibility index (Phi) is 3.57. The van der Waals surface area contributed by atoms with Crippen LogP contribution in [0.15, 0.2) is 24.3 Å². The Morgan fingerprint density at radius 2 is 1.88 bits per heavy atom. The monoisotopic (exact) mass is 219 g/mol. The largest absolute Gasteiger partial charge is 0.481 e. The molecule has 2 rings (SSSR count). The van der Waals surface area contributed by atoms with Crippen molar-refractivity contribution in [2.45, 2.75) is 25.2 Å². The van der Waals surface area contributed by atoms with Gasteiger partial charge in [0.15, 0.2) is 0 Å². The van der Waals surface area contributed by atoms with Crippen molar-refractivity contribution in [1.82, 2.24) is 5.32 Å². The molecule has 1 saturated heterocycles. The van der Waals surface area contributed by atoms with Gasteiger partial charge in [0.1, 0.15) is 0 Å². The van der Waals surface area contributed by atoms with Crippen LogP contribution in [-0.4, -0.2) is 24.2 Å². The van der Waals surface area contributed by atoms with E-state index in [-0.39, 0.29) is 6.42 Å². The molecule has 1 aliphatic heterocycles. The van der Waals surface area contributed by atoms with Crippen LogP contribution in [0.5, 0.6) is 0 Å². The van der Waals surface area contributed by atoms with Crippen LogP contribution in [0.4, 0.5) is 0 Å². The first kappa shape index (κ1) is 11.1. The van der Waals surface area contributed by atoms with Gasteiger partial charge in [0.2, 0.25) is 0 Å². The lowest BCUT2D eigenvalue weighted by molar-refractivity contribution is -0.136. The highest BCUT2D eigenvalue weighted by atomic mass is 16.4. The maximum absolute atomic E-state index is 10.5. The summed E-state index contributed by atoms with van der Waals surface area (Å²) in [5, 5.41) is 12.0. The van der Waals surface area contributed by atoms with Gasteiger partial charge in [-0.3, -0.25) is 4.79 Å². The third-order valence-electron chi connectivity index (χ3n) is 3.15. The minimum absolute atomic E-state index is 0.118. The van der Waals surface area contributed by atoms with Crippen LogP contribution in [0.25, 0.3) is 0 Å².